The number of nitrogens with two attached hydrogens (primary N) is 1. The number of hydrogen-bond acceptors (Lipinski definition) is 3. The molecule has 0 aromatic carbocycles. The fourth-order valence-corrected chi connectivity index (χ4v) is 2.03. The van der Waals surface area contributed by atoms with Gasteiger partial charge in [-0.3, -0.25) is 0 Å². The maximum absolute atomic E-state index is 6.02. The van der Waals surface area contributed by atoms with E-state index in [1.54, 1.807) is 6.33 Å². The Kier molecular flexibility index (Phi) is 4.15. The highest BCUT2D eigenvalue weighted by Crippen LogP contribution is 2.09. The van der Waals surface area contributed by atoms with Crippen LogP contribution < -0.4 is 5.73 Å². The minimum atomic E-state index is 0.225. The van der Waals surface area contributed by atoms with E-state index >= 15 is 0 Å². The number of aromatic nitrogens is 4. The zero-order valence-corrected chi connectivity index (χ0v) is 11.1. The van der Waals surface area contributed by atoms with Crippen LogP contribution >= 0.6 is 0 Å². The third kappa shape index (κ3) is 2.79. The molecule has 2 aromatic rings. The minimum absolute atomic E-state index is 0.225. The molecule has 5 nitrogen and oxygen atoms in total. The normalized spacial score (nSPS) is 12.8. The molecule has 98 valence electrons. The molecule has 0 aliphatic carbocycles. The monoisotopic (exact) mass is 247 g/mol. The van der Waals surface area contributed by atoms with Crippen molar-refractivity contribution in [3.8, 4) is 0 Å². The van der Waals surface area contributed by atoms with Crippen molar-refractivity contribution in [2.24, 2.45) is 5.73 Å². The molecule has 0 saturated heterocycles. The second-order valence-electron chi connectivity index (χ2n) is 4.49. The Hall–Kier alpha value is -1.62. The summed E-state index contributed by atoms with van der Waals surface area (Å²) in [5.74, 6) is 0.986. The Morgan fingerprint density at radius 3 is 2.94 bits per heavy atom. The van der Waals surface area contributed by atoms with Crippen LogP contribution in [-0.2, 0) is 19.5 Å². The quantitative estimate of drug-likeness (QED) is 0.840. The molecular formula is C13H21N5. The van der Waals surface area contributed by atoms with Crippen LogP contribution in [0.5, 0.6) is 0 Å². The Morgan fingerprint density at radius 2 is 2.22 bits per heavy atom. The predicted octanol–water partition coefficient (Wildman–Crippen LogP) is 1.43. The van der Waals surface area contributed by atoms with E-state index in [0.717, 1.165) is 31.8 Å². The topological polar surface area (TPSA) is 61.7 Å². The lowest BCUT2D eigenvalue weighted by atomic mass is 10.1. The van der Waals surface area contributed by atoms with Crippen LogP contribution in [0.4, 0.5) is 0 Å². The lowest BCUT2D eigenvalue weighted by molar-refractivity contribution is 0.568. The van der Waals surface area contributed by atoms with Crippen molar-refractivity contribution in [3.05, 3.63) is 36.2 Å². The van der Waals surface area contributed by atoms with E-state index in [1.807, 2.05) is 4.68 Å². The second-order valence-corrected chi connectivity index (χ2v) is 4.49. The van der Waals surface area contributed by atoms with Gasteiger partial charge < -0.3 is 10.3 Å². The average Bonchev–Trinajstić information content (AvgIpc) is 2.99. The molecule has 0 aliphatic rings. The molecule has 18 heavy (non-hydrogen) atoms. The third-order valence-electron chi connectivity index (χ3n) is 3.23. The van der Waals surface area contributed by atoms with E-state index in [2.05, 4.69) is 46.8 Å². The zero-order valence-electron chi connectivity index (χ0n) is 11.1. The molecular weight excluding hydrogens is 226 g/mol. The second kappa shape index (κ2) is 5.82. The summed E-state index contributed by atoms with van der Waals surface area (Å²) in [5, 5.41) is 4.19. The standard InChI is InChI=1S/C13H21N5/c1-3-11(14)8-12-6-5-7-17(12)9-13-15-10-16-18(13)4-2/h5-7,10-11H,3-4,8-9,14H2,1-2H3. The largest absolute Gasteiger partial charge is 0.344 e. The van der Waals surface area contributed by atoms with Gasteiger partial charge in [0.15, 0.2) is 0 Å². The first-order chi connectivity index (χ1) is 8.74. The summed E-state index contributed by atoms with van der Waals surface area (Å²) >= 11 is 0. The number of aryl methyl sites for hydroxylation is 1. The van der Waals surface area contributed by atoms with Crippen LogP contribution in [0.1, 0.15) is 31.8 Å². The van der Waals surface area contributed by atoms with E-state index < -0.39 is 0 Å². The Balaban J connectivity index is 2.12. The highest BCUT2D eigenvalue weighted by molar-refractivity contribution is 5.10. The molecule has 0 bridgehead atoms. The summed E-state index contributed by atoms with van der Waals surface area (Å²) in [6.45, 7) is 5.79. The van der Waals surface area contributed by atoms with Gasteiger partial charge in [-0.2, -0.15) is 5.10 Å². The Labute approximate surface area is 108 Å². The van der Waals surface area contributed by atoms with Crippen molar-refractivity contribution in [1.82, 2.24) is 19.3 Å². The molecule has 0 radical (unpaired) electrons. The highest BCUT2D eigenvalue weighted by Gasteiger charge is 2.09. The van der Waals surface area contributed by atoms with Gasteiger partial charge in [0.25, 0.3) is 0 Å². The molecule has 1 atom stereocenters. The van der Waals surface area contributed by atoms with Crippen LogP contribution in [0, 0.1) is 0 Å². The van der Waals surface area contributed by atoms with Crippen molar-refractivity contribution in [3.63, 3.8) is 0 Å². The fourth-order valence-electron chi connectivity index (χ4n) is 2.03. The zero-order chi connectivity index (χ0) is 13.0. The first-order valence-electron chi connectivity index (χ1n) is 6.50. The molecule has 2 rings (SSSR count). The maximum Gasteiger partial charge on any atom is 0.146 e. The maximum atomic E-state index is 6.02. The molecule has 0 fully saturated rings. The van der Waals surface area contributed by atoms with Crippen LogP contribution in [-0.4, -0.2) is 25.4 Å². The van der Waals surface area contributed by atoms with Gasteiger partial charge in [-0.1, -0.05) is 6.92 Å². The Morgan fingerprint density at radius 1 is 1.39 bits per heavy atom. The lowest BCUT2D eigenvalue weighted by Crippen LogP contribution is -2.23. The summed E-state index contributed by atoms with van der Waals surface area (Å²) in [7, 11) is 0. The van der Waals surface area contributed by atoms with Gasteiger partial charge in [-0.25, -0.2) is 9.67 Å². The first kappa shape index (κ1) is 12.8. The number of hydrogen-bond donors (Lipinski definition) is 1. The van der Waals surface area contributed by atoms with Crippen molar-refractivity contribution in [1.29, 1.82) is 0 Å². The summed E-state index contributed by atoms with van der Waals surface area (Å²) in [6, 6.07) is 4.41. The van der Waals surface area contributed by atoms with Crippen LogP contribution in [0.25, 0.3) is 0 Å². The fraction of sp³-hybridized carbons (Fsp3) is 0.538. The van der Waals surface area contributed by atoms with Crippen molar-refractivity contribution in [2.75, 3.05) is 0 Å². The summed E-state index contributed by atoms with van der Waals surface area (Å²) in [5.41, 5.74) is 7.28. The summed E-state index contributed by atoms with van der Waals surface area (Å²) < 4.78 is 4.12. The molecule has 0 spiro atoms. The van der Waals surface area contributed by atoms with Gasteiger partial charge in [0.1, 0.15) is 12.2 Å². The van der Waals surface area contributed by atoms with E-state index in [0.29, 0.717) is 0 Å². The van der Waals surface area contributed by atoms with Gasteiger partial charge in [0, 0.05) is 30.9 Å². The SMILES string of the molecule is CCC(N)Cc1cccn1Cc1ncnn1CC. The van der Waals surface area contributed by atoms with Crippen LogP contribution in [0.2, 0.25) is 0 Å². The smallest absolute Gasteiger partial charge is 0.146 e. The van der Waals surface area contributed by atoms with Crippen molar-refractivity contribution < 1.29 is 0 Å². The molecule has 5 heteroatoms. The highest BCUT2D eigenvalue weighted by atomic mass is 15.3. The first-order valence-corrected chi connectivity index (χ1v) is 6.50. The van der Waals surface area contributed by atoms with Gasteiger partial charge in [0.2, 0.25) is 0 Å². The van der Waals surface area contributed by atoms with Gasteiger partial charge >= 0.3 is 0 Å². The van der Waals surface area contributed by atoms with Crippen molar-refractivity contribution >= 4 is 0 Å². The van der Waals surface area contributed by atoms with Crippen LogP contribution in [0.15, 0.2) is 24.7 Å². The number of nitrogens with zero attached hydrogens (tertiary/aromatic N) is 4. The lowest BCUT2D eigenvalue weighted by Gasteiger charge is -2.12. The van der Waals surface area contributed by atoms with E-state index in [4.69, 9.17) is 5.73 Å². The molecule has 0 amide bonds. The summed E-state index contributed by atoms with van der Waals surface area (Å²) in [6.07, 6.45) is 5.59. The molecule has 1 unspecified atom stereocenters. The minimum Gasteiger partial charge on any atom is -0.344 e. The van der Waals surface area contributed by atoms with Gasteiger partial charge in [-0.15, -0.1) is 0 Å². The van der Waals surface area contributed by atoms with E-state index in [-0.39, 0.29) is 6.04 Å². The molecule has 0 aliphatic heterocycles. The third-order valence-corrected chi connectivity index (χ3v) is 3.23. The van der Waals surface area contributed by atoms with Gasteiger partial charge in [-0.05, 0) is 25.5 Å². The number of rotatable bonds is 6. The van der Waals surface area contributed by atoms with Crippen LogP contribution in [0.3, 0.4) is 0 Å². The molecule has 2 heterocycles. The van der Waals surface area contributed by atoms with Gasteiger partial charge in [0.05, 0.1) is 6.54 Å². The average molecular weight is 247 g/mol. The Bertz CT molecular complexity index is 485. The predicted molar refractivity (Wildman–Crippen MR) is 71.2 cm³/mol. The van der Waals surface area contributed by atoms with E-state index in [9.17, 15) is 0 Å². The van der Waals surface area contributed by atoms with E-state index in [1.165, 1.54) is 5.69 Å². The summed E-state index contributed by atoms with van der Waals surface area (Å²) in [4.78, 5) is 4.30. The molecule has 0 saturated carbocycles. The molecule has 2 aromatic heterocycles. The van der Waals surface area contributed by atoms with Crippen molar-refractivity contribution in [2.45, 2.75) is 45.8 Å². The molecule has 2 N–H and O–H groups in total.